The number of hydrogen-bond donors (Lipinski definition) is 2. The molecule has 0 unspecified atom stereocenters. The predicted molar refractivity (Wildman–Crippen MR) is 61.7 cm³/mol. The average molecular weight is 255 g/mol. The fourth-order valence-electron chi connectivity index (χ4n) is 2.12. The summed E-state index contributed by atoms with van der Waals surface area (Å²) in [5.41, 5.74) is -0.490. The summed E-state index contributed by atoms with van der Waals surface area (Å²) < 4.78 is 0. The Morgan fingerprint density at radius 2 is 2.00 bits per heavy atom. The minimum absolute atomic E-state index is 0.293. The van der Waals surface area contributed by atoms with Crippen molar-refractivity contribution in [3.05, 3.63) is 5.01 Å². The number of aryl methyl sites for hydroxylation is 1. The van der Waals surface area contributed by atoms with E-state index in [1.165, 1.54) is 11.3 Å². The third-order valence-electron chi connectivity index (χ3n) is 3.13. The number of carbonyl (C=O) groups excluding carboxylic acids is 1. The maximum Gasteiger partial charge on any atom is 0.307 e. The molecule has 1 heterocycles. The van der Waals surface area contributed by atoms with E-state index in [4.69, 9.17) is 5.11 Å². The smallest absolute Gasteiger partial charge is 0.307 e. The monoisotopic (exact) mass is 255 g/mol. The van der Waals surface area contributed by atoms with Crippen molar-refractivity contribution < 1.29 is 14.7 Å². The summed E-state index contributed by atoms with van der Waals surface area (Å²) in [6, 6.07) is 0. The molecular weight excluding hydrogens is 242 g/mol. The highest BCUT2D eigenvalue weighted by molar-refractivity contribution is 7.15. The second-order valence-electron chi connectivity index (χ2n) is 4.73. The maximum absolute atomic E-state index is 11.9. The van der Waals surface area contributed by atoms with Gasteiger partial charge in [0, 0.05) is 0 Å². The number of aromatic nitrogens is 2. The van der Waals surface area contributed by atoms with E-state index in [2.05, 4.69) is 15.5 Å². The fourth-order valence-corrected chi connectivity index (χ4v) is 2.71. The van der Waals surface area contributed by atoms with E-state index in [1.54, 1.807) is 20.8 Å². The minimum Gasteiger partial charge on any atom is -0.481 e. The van der Waals surface area contributed by atoms with Gasteiger partial charge in [0.25, 0.3) is 0 Å². The highest BCUT2D eigenvalue weighted by Gasteiger charge is 2.65. The molecule has 0 radical (unpaired) electrons. The first kappa shape index (κ1) is 12.0. The molecule has 0 saturated heterocycles. The molecule has 1 aromatic rings. The van der Waals surface area contributed by atoms with Crippen LogP contribution in [0.1, 0.15) is 18.9 Å². The number of rotatable bonds is 3. The zero-order valence-electron chi connectivity index (χ0n) is 9.72. The van der Waals surface area contributed by atoms with E-state index in [1.807, 2.05) is 0 Å². The van der Waals surface area contributed by atoms with Crippen LogP contribution < -0.4 is 5.32 Å². The lowest BCUT2D eigenvalue weighted by molar-refractivity contribution is -0.140. The van der Waals surface area contributed by atoms with Gasteiger partial charge < -0.3 is 10.4 Å². The van der Waals surface area contributed by atoms with Crippen LogP contribution >= 0.6 is 11.3 Å². The number of carboxylic acids is 1. The Labute approximate surface area is 102 Å². The number of carboxylic acid groups (broad SMARTS) is 1. The molecule has 1 fully saturated rings. The lowest BCUT2D eigenvalue weighted by Gasteiger charge is -2.01. The molecule has 1 saturated carbocycles. The third-order valence-corrected chi connectivity index (χ3v) is 3.89. The van der Waals surface area contributed by atoms with Crippen LogP contribution in [-0.4, -0.2) is 27.2 Å². The first-order valence-corrected chi connectivity index (χ1v) is 5.99. The summed E-state index contributed by atoms with van der Waals surface area (Å²) in [6.45, 7) is 5.34. The molecule has 2 N–H and O–H groups in total. The molecule has 17 heavy (non-hydrogen) atoms. The topological polar surface area (TPSA) is 92.2 Å². The van der Waals surface area contributed by atoms with Crippen molar-refractivity contribution in [2.75, 3.05) is 5.32 Å². The van der Waals surface area contributed by atoms with Crippen molar-refractivity contribution in [3.8, 4) is 0 Å². The lowest BCUT2D eigenvalue weighted by Crippen LogP contribution is -2.17. The molecule has 2 rings (SSSR count). The van der Waals surface area contributed by atoms with Crippen LogP contribution in [0.25, 0.3) is 0 Å². The summed E-state index contributed by atoms with van der Waals surface area (Å²) in [5.74, 6) is -2.33. The predicted octanol–water partition coefficient (Wildman–Crippen LogP) is 1.14. The van der Waals surface area contributed by atoms with Gasteiger partial charge in [0.15, 0.2) is 0 Å². The van der Waals surface area contributed by atoms with Gasteiger partial charge in [0.2, 0.25) is 11.0 Å². The number of anilines is 1. The highest BCUT2D eigenvalue weighted by Crippen LogP contribution is 2.58. The molecule has 1 aromatic heterocycles. The number of nitrogens with one attached hydrogen (secondary N) is 1. The largest absolute Gasteiger partial charge is 0.481 e. The molecule has 0 bridgehead atoms. The second-order valence-corrected chi connectivity index (χ2v) is 5.91. The van der Waals surface area contributed by atoms with Crippen LogP contribution in [0.4, 0.5) is 5.13 Å². The number of carbonyl (C=O) groups is 2. The first-order valence-electron chi connectivity index (χ1n) is 5.18. The maximum atomic E-state index is 11.9. The standard InChI is InChI=1S/C10H13N3O3S/c1-4-12-13-9(17-4)11-7(14)5-6(8(15)16)10(5,2)3/h5-6H,1-3H3,(H,15,16)(H,11,13,14)/t5-,6-/m1/s1. The van der Waals surface area contributed by atoms with Gasteiger partial charge in [-0.05, 0) is 12.3 Å². The zero-order chi connectivity index (χ0) is 12.8. The van der Waals surface area contributed by atoms with Crippen LogP contribution in [0.5, 0.6) is 0 Å². The Hall–Kier alpha value is -1.50. The average Bonchev–Trinajstić information content (AvgIpc) is 2.54. The molecule has 7 heteroatoms. The summed E-state index contributed by atoms with van der Waals surface area (Å²) in [6.07, 6.45) is 0. The van der Waals surface area contributed by atoms with Crippen LogP contribution in [0.2, 0.25) is 0 Å². The van der Waals surface area contributed by atoms with E-state index in [0.29, 0.717) is 5.13 Å². The normalized spacial score (nSPS) is 25.4. The van der Waals surface area contributed by atoms with Crippen molar-refractivity contribution in [1.29, 1.82) is 0 Å². The molecule has 2 atom stereocenters. The SMILES string of the molecule is Cc1nnc(NC(=O)[C@H]2[C@H](C(=O)O)C2(C)C)s1. The molecule has 0 aromatic carbocycles. The Balaban J connectivity index is 2.05. The number of aliphatic carboxylic acids is 1. The molecule has 1 amide bonds. The van der Waals surface area contributed by atoms with Crippen molar-refractivity contribution >= 4 is 28.3 Å². The fraction of sp³-hybridized carbons (Fsp3) is 0.600. The number of amides is 1. The summed E-state index contributed by atoms with van der Waals surface area (Å²) in [5, 5.41) is 20.3. The Kier molecular flexibility index (Phi) is 2.65. The van der Waals surface area contributed by atoms with Crippen LogP contribution in [-0.2, 0) is 9.59 Å². The summed E-state index contributed by atoms with van der Waals surface area (Å²) in [7, 11) is 0. The quantitative estimate of drug-likeness (QED) is 0.845. The Morgan fingerprint density at radius 3 is 2.41 bits per heavy atom. The summed E-state index contributed by atoms with van der Waals surface area (Å²) in [4.78, 5) is 22.8. The van der Waals surface area contributed by atoms with Crippen LogP contribution in [0, 0.1) is 24.2 Å². The molecular formula is C10H13N3O3S. The van der Waals surface area contributed by atoms with Crippen molar-refractivity contribution in [2.24, 2.45) is 17.3 Å². The van der Waals surface area contributed by atoms with E-state index in [9.17, 15) is 9.59 Å². The van der Waals surface area contributed by atoms with E-state index >= 15 is 0 Å². The van der Waals surface area contributed by atoms with Crippen molar-refractivity contribution in [2.45, 2.75) is 20.8 Å². The van der Waals surface area contributed by atoms with Crippen molar-refractivity contribution in [3.63, 3.8) is 0 Å². The highest BCUT2D eigenvalue weighted by atomic mass is 32.1. The van der Waals surface area contributed by atoms with Gasteiger partial charge in [-0.15, -0.1) is 10.2 Å². The molecule has 0 spiro atoms. The number of nitrogens with zero attached hydrogens (tertiary/aromatic N) is 2. The molecule has 1 aliphatic carbocycles. The van der Waals surface area contributed by atoms with Gasteiger partial charge in [-0.3, -0.25) is 9.59 Å². The second kappa shape index (κ2) is 3.76. The lowest BCUT2D eigenvalue weighted by atomic mass is 10.1. The van der Waals surface area contributed by atoms with Gasteiger partial charge in [0.05, 0.1) is 11.8 Å². The van der Waals surface area contributed by atoms with Gasteiger partial charge in [0.1, 0.15) is 5.01 Å². The summed E-state index contributed by atoms with van der Waals surface area (Å²) >= 11 is 1.27. The molecule has 6 nitrogen and oxygen atoms in total. The van der Waals surface area contributed by atoms with Crippen LogP contribution in [0.15, 0.2) is 0 Å². The van der Waals surface area contributed by atoms with Gasteiger partial charge in [-0.25, -0.2) is 0 Å². The third kappa shape index (κ3) is 2.02. The minimum atomic E-state index is -0.927. The Bertz CT molecular complexity index is 483. The van der Waals surface area contributed by atoms with E-state index in [-0.39, 0.29) is 5.91 Å². The van der Waals surface area contributed by atoms with Crippen LogP contribution in [0.3, 0.4) is 0 Å². The molecule has 92 valence electrons. The van der Waals surface area contributed by atoms with E-state index in [0.717, 1.165) is 5.01 Å². The first-order chi connectivity index (χ1) is 7.84. The van der Waals surface area contributed by atoms with Gasteiger partial charge in [-0.2, -0.15) is 0 Å². The van der Waals surface area contributed by atoms with Gasteiger partial charge >= 0.3 is 5.97 Å². The van der Waals surface area contributed by atoms with Crippen molar-refractivity contribution in [1.82, 2.24) is 10.2 Å². The number of hydrogen-bond acceptors (Lipinski definition) is 5. The Morgan fingerprint density at radius 1 is 1.35 bits per heavy atom. The molecule has 1 aliphatic rings. The molecule has 0 aliphatic heterocycles. The van der Waals surface area contributed by atoms with E-state index < -0.39 is 23.2 Å². The zero-order valence-corrected chi connectivity index (χ0v) is 10.5. The van der Waals surface area contributed by atoms with Gasteiger partial charge in [-0.1, -0.05) is 25.2 Å².